The van der Waals surface area contributed by atoms with Crippen molar-refractivity contribution in [2.45, 2.75) is 31.8 Å². The molecule has 2 N–H and O–H groups in total. The first-order valence-corrected chi connectivity index (χ1v) is 5.73. The molecule has 2 rings (SSSR count). The van der Waals surface area contributed by atoms with Crippen LogP contribution in [0.1, 0.15) is 19.3 Å². The number of aromatic nitrogens is 3. The summed E-state index contributed by atoms with van der Waals surface area (Å²) in [4.78, 5) is 0. The van der Waals surface area contributed by atoms with Crippen LogP contribution in [0.5, 0.6) is 0 Å². The second kappa shape index (κ2) is 5.82. The Bertz CT molecular complexity index is 253. The average molecular weight is 209 g/mol. The van der Waals surface area contributed by atoms with E-state index in [4.69, 9.17) is 0 Å². The van der Waals surface area contributed by atoms with Gasteiger partial charge in [-0.3, -0.25) is 4.68 Å². The number of nitrogens with one attached hydrogen (secondary N) is 2. The summed E-state index contributed by atoms with van der Waals surface area (Å²) in [6, 6.07) is 0.662. The molecule has 15 heavy (non-hydrogen) atoms. The van der Waals surface area contributed by atoms with Crippen molar-refractivity contribution < 1.29 is 0 Å². The summed E-state index contributed by atoms with van der Waals surface area (Å²) in [5.41, 5.74) is 0. The lowest BCUT2D eigenvalue weighted by atomic mass is 10.1. The van der Waals surface area contributed by atoms with Crippen LogP contribution >= 0.6 is 0 Å². The van der Waals surface area contributed by atoms with Crippen molar-refractivity contribution >= 4 is 0 Å². The van der Waals surface area contributed by atoms with Crippen molar-refractivity contribution in [3.63, 3.8) is 0 Å². The van der Waals surface area contributed by atoms with Gasteiger partial charge in [-0.15, -0.1) is 5.10 Å². The molecule has 1 unspecified atom stereocenters. The predicted octanol–water partition coefficient (Wildman–Crippen LogP) is 0.00980. The molecule has 1 aromatic heterocycles. The van der Waals surface area contributed by atoms with Gasteiger partial charge in [-0.05, 0) is 32.4 Å². The van der Waals surface area contributed by atoms with Gasteiger partial charge in [0.2, 0.25) is 0 Å². The third kappa shape index (κ3) is 3.60. The molecule has 1 saturated heterocycles. The van der Waals surface area contributed by atoms with Gasteiger partial charge >= 0.3 is 0 Å². The van der Waals surface area contributed by atoms with E-state index >= 15 is 0 Å². The first-order chi connectivity index (χ1) is 7.45. The molecule has 0 bridgehead atoms. The largest absolute Gasteiger partial charge is 0.315 e. The Morgan fingerprint density at radius 3 is 3.27 bits per heavy atom. The topological polar surface area (TPSA) is 54.8 Å². The Labute approximate surface area is 90.2 Å². The van der Waals surface area contributed by atoms with Gasteiger partial charge in [-0.25, -0.2) is 0 Å². The molecule has 0 aliphatic carbocycles. The molecule has 0 saturated carbocycles. The molecule has 5 nitrogen and oxygen atoms in total. The Kier molecular flexibility index (Phi) is 4.11. The Morgan fingerprint density at radius 1 is 1.53 bits per heavy atom. The van der Waals surface area contributed by atoms with Crippen molar-refractivity contribution in [2.24, 2.45) is 0 Å². The SMILES string of the molecule is c1cn(CCCNC2CCCNC2)nn1. The molecule has 0 spiro atoms. The number of piperidine rings is 1. The quantitative estimate of drug-likeness (QED) is 0.671. The minimum Gasteiger partial charge on any atom is -0.315 e. The Morgan fingerprint density at radius 2 is 2.53 bits per heavy atom. The summed E-state index contributed by atoms with van der Waals surface area (Å²) in [6.45, 7) is 4.31. The fourth-order valence-corrected chi connectivity index (χ4v) is 1.93. The minimum absolute atomic E-state index is 0.662. The lowest BCUT2D eigenvalue weighted by Gasteiger charge is -2.23. The van der Waals surface area contributed by atoms with E-state index in [1.807, 2.05) is 10.9 Å². The van der Waals surface area contributed by atoms with Crippen LogP contribution in [0.25, 0.3) is 0 Å². The van der Waals surface area contributed by atoms with E-state index in [-0.39, 0.29) is 0 Å². The molecule has 0 amide bonds. The predicted molar refractivity (Wildman–Crippen MR) is 58.5 cm³/mol. The summed E-state index contributed by atoms with van der Waals surface area (Å²) in [7, 11) is 0. The number of aryl methyl sites for hydroxylation is 1. The van der Waals surface area contributed by atoms with Crippen molar-refractivity contribution in [3.8, 4) is 0 Å². The number of hydrogen-bond donors (Lipinski definition) is 2. The smallest absolute Gasteiger partial charge is 0.0692 e. The molecule has 84 valence electrons. The summed E-state index contributed by atoms with van der Waals surface area (Å²) < 4.78 is 1.88. The first kappa shape index (κ1) is 10.6. The van der Waals surface area contributed by atoms with Crippen LogP contribution in [0, 0.1) is 0 Å². The third-order valence-electron chi connectivity index (χ3n) is 2.77. The van der Waals surface area contributed by atoms with Crippen LogP contribution in [-0.4, -0.2) is 40.7 Å². The summed E-state index contributed by atoms with van der Waals surface area (Å²) in [5, 5.41) is 14.7. The second-order valence-corrected chi connectivity index (χ2v) is 4.02. The molecule has 1 aliphatic heterocycles. The van der Waals surface area contributed by atoms with Crippen LogP contribution < -0.4 is 10.6 Å². The minimum atomic E-state index is 0.662. The monoisotopic (exact) mass is 209 g/mol. The van der Waals surface area contributed by atoms with E-state index in [1.165, 1.54) is 19.4 Å². The molecule has 1 fully saturated rings. The van der Waals surface area contributed by atoms with Crippen LogP contribution in [-0.2, 0) is 6.54 Å². The maximum absolute atomic E-state index is 3.93. The molecule has 2 heterocycles. The second-order valence-electron chi connectivity index (χ2n) is 4.02. The fourth-order valence-electron chi connectivity index (χ4n) is 1.93. The maximum Gasteiger partial charge on any atom is 0.0692 e. The highest BCUT2D eigenvalue weighted by molar-refractivity contribution is 4.74. The van der Waals surface area contributed by atoms with Crippen molar-refractivity contribution in [1.82, 2.24) is 25.6 Å². The third-order valence-corrected chi connectivity index (χ3v) is 2.77. The summed E-state index contributed by atoms with van der Waals surface area (Å²) in [5.74, 6) is 0. The fraction of sp³-hybridized carbons (Fsp3) is 0.800. The highest BCUT2D eigenvalue weighted by Crippen LogP contribution is 2.00. The van der Waals surface area contributed by atoms with Gasteiger partial charge in [0.05, 0.1) is 6.20 Å². The van der Waals surface area contributed by atoms with Crippen LogP contribution in [0.4, 0.5) is 0 Å². The van der Waals surface area contributed by atoms with E-state index in [2.05, 4.69) is 20.9 Å². The molecule has 0 radical (unpaired) electrons. The number of rotatable bonds is 5. The van der Waals surface area contributed by atoms with Crippen molar-refractivity contribution in [1.29, 1.82) is 0 Å². The number of hydrogen-bond acceptors (Lipinski definition) is 4. The zero-order valence-electron chi connectivity index (χ0n) is 9.02. The molecule has 1 aliphatic rings. The van der Waals surface area contributed by atoms with Crippen LogP contribution in [0.15, 0.2) is 12.4 Å². The Balaban J connectivity index is 1.54. The molecular weight excluding hydrogens is 190 g/mol. The van der Waals surface area contributed by atoms with Gasteiger partial charge < -0.3 is 10.6 Å². The van der Waals surface area contributed by atoms with Crippen molar-refractivity contribution in [2.75, 3.05) is 19.6 Å². The average Bonchev–Trinajstić information content (AvgIpc) is 2.79. The lowest BCUT2D eigenvalue weighted by Crippen LogP contribution is -2.43. The van der Waals surface area contributed by atoms with Crippen LogP contribution in [0.3, 0.4) is 0 Å². The van der Waals surface area contributed by atoms with E-state index < -0.39 is 0 Å². The van der Waals surface area contributed by atoms with E-state index in [1.54, 1.807) is 6.20 Å². The van der Waals surface area contributed by atoms with Gasteiger partial charge in [-0.1, -0.05) is 5.21 Å². The highest BCUT2D eigenvalue weighted by Gasteiger charge is 2.10. The lowest BCUT2D eigenvalue weighted by molar-refractivity contribution is 0.382. The molecule has 1 aromatic rings. The van der Waals surface area contributed by atoms with Crippen LogP contribution in [0.2, 0.25) is 0 Å². The number of nitrogens with zero attached hydrogens (tertiary/aromatic N) is 3. The van der Waals surface area contributed by atoms with Crippen molar-refractivity contribution in [3.05, 3.63) is 12.4 Å². The van der Waals surface area contributed by atoms with Gasteiger partial charge in [-0.2, -0.15) is 0 Å². The molecule has 0 aromatic carbocycles. The summed E-state index contributed by atoms with van der Waals surface area (Å²) in [6.07, 6.45) is 7.33. The molecule has 1 atom stereocenters. The normalized spacial score (nSPS) is 21.7. The first-order valence-electron chi connectivity index (χ1n) is 5.73. The van der Waals surface area contributed by atoms with Gasteiger partial charge in [0.15, 0.2) is 0 Å². The molecule has 5 heteroatoms. The maximum atomic E-state index is 3.93. The van der Waals surface area contributed by atoms with E-state index in [0.717, 1.165) is 26.1 Å². The zero-order valence-corrected chi connectivity index (χ0v) is 9.02. The van der Waals surface area contributed by atoms with E-state index in [9.17, 15) is 0 Å². The Hall–Kier alpha value is -0.940. The molecular formula is C10H19N5. The van der Waals surface area contributed by atoms with E-state index in [0.29, 0.717) is 6.04 Å². The summed E-state index contributed by atoms with van der Waals surface area (Å²) >= 11 is 0. The standard InChI is InChI=1S/C10H19N5/c1-3-10(9-11-4-1)12-5-2-7-15-8-6-13-14-15/h6,8,10-12H,1-5,7,9H2. The van der Waals surface area contributed by atoms with Gasteiger partial charge in [0.25, 0.3) is 0 Å². The zero-order chi connectivity index (χ0) is 10.3. The van der Waals surface area contributed by atoms with Gasteiger partial charge in [0, 0.05) is 25.3 Å². The van der Waals surface area contributed by atoms with Gasteiger partial charge in [0.1, 0.15) is 0 Å². The highest BCUT2D eigenvalue weighted by atomic mass is 15.4.